The number of rotatable bonds is 6. The number of carbonyl (C=O) groups excluding carboxylic acids is 2. The first-order valence-corrected chi connectivity index (χ1v) is 8.91. The van der Waals surface area contributed by atoms with Crippen molar-refractivity contribution in [2.45, 2.75) is 20.4 Å². The number of aryl methyl sites for hydroxylation is 1. The molecular formula is C22H22N2O3. The van der Waals surface area contributed by atoms with Gasteiger partial charge >= 0.3 is 5.97 Å². The molecule has 0 radical (unpaired) electrons. The van der Waals surface area contributed by atoms with Crippen molar-refractivity contribution >= 4 is 39.4 Å². The van der Waals surface area contributed by atoms with E-state index in [-0.39, 0.29) is 12.5 Å². The van der Waals surface area contributed by atoms with Gasteiger partial charge in [-0.15, -0.1) is 0 Å². The number of hydrogen-bond acceptors (Lipinski definition) is 3. The summed E-state index contributed by atoms with van der Waals surface area (Å²) in [4.78, 5) is 23.6. The molecule has 3 rings (SSSR count). The van der Waals surface area contributed by atoms with Gasteiger partial charge in [-0.1, -0.05) is 36.4 Å². The zero-order valence-electron chi connectivity index (χ0n) is 15.4. The number of benzene rings is 2. The third kappa shape index (κ3) is 4.08. The van der Waals surface area contributed by atoms with E-state index in [2.05, 4.69) is 28.9 Å². The third-order valence-corrected chi connectivity index (χ3v) is 4.25. The molecule has 0 spiro atoms. The zero-order chi connectivity index (χ0) is 19.2. The van der Waals surface area contributed by atoms with Gasteiger partial charge in [0, 0.05) is 40.1 Å². The van der Waals surface area contributed by atoms with E-state index in [4.69, 9.17) is 4.74 Å². The van der Waals surface area contributed by atoms with Gasteiger partial charge in [0.05, 0.1) is 0 Å². The summed E-state index contributed by atoms with van der Waals surface area (Å²) in [6.07, 6.45) is 6.35. The number of amides is 1. The molecule has 0 aliphatic rings. The van der Waals surface area contributed by atoms with Crippen molar-refractivity contribution in [2.75, 3.05) is 11.9 Å². The van der Waals surface area contributed by atoms with Gasteiger partial charge in [-0.3, -0.25) is 4.79 Å². The van der Waals surface area contributed by atoms with Gasteiger partial charge in [-0.25, -0.2) is 4.79 Å². The summed E-state index contributed by atoms with van der Waals surface area (Å²) in [5.41, 5.74) is 2.96. The Bertz CT molecular complexity index is 1040. The Kier molecular flexibility index (Phi) is 5.71. The van der Waals surface area contributed by atoms with Crippen LogP contribution in [-0.4, -0.2) is 23.1 Å². The van der Waals surface area contributed by atoms with Crippen LogP contribution in [0.15, 0.2) is 66.8 Å². The number of carbonyl (C=O) groups is 2. The van der Waals surface area contributed by atoms with Crippen LogP contribution in [0.3, 0.4) is 0 Å². The third-order valence-electron chi connectivity index (χ3n) is 4.25. The molecule has 0 atom stereocenters. The minimum Gasteiger partial charge on any atom is -0.452 e. The highest BCUT2D eigenvalue weighted by Crippen LogP contribution is 2.30. The van der Waals surface area contributed by atoms with Gasteiger partial charge < -0.3 is 14.6 Å². The van der Waals surface area contributed by atoms with E-state index in [0.717, 1.165) is 22.8 Å². The summed E-state index contributed by atoms with van der Waals surface area (Å²) >= 11 is 0. The highest BCUT2D eigenvalue weighted by atomic mass is 16.5. The van der Waals surface area contributed by atoms with E-state index >= 15 is 0 Å². The predicted molar refractivity (Wildman–Crippen MR) is 109 cm³/mol. The van der Waals surface area contributed by atoms with Crippen molar-refractivity contribution in [2.24, 2.45) is 0 Å². The van der Waals surface area contributed by atoms with Crippen molar-refractivity contribution in [3.63, 3.8) is 0 Å². The van der Waals surface area contributed by atoms with Crippen molar-refractivity contribution in [1.82, 2.24) is 4.57 Å². The van der Waals surface area contributed by atoms with Crippen molar-refractivity contribution in [3.05, 3.63) is 66.8 Å². The monoisotopic (exact) mass is 362 g/mol. The first-order chi connectivity index (χ1) is 13.1. The zero-order valence-corrected chi connectivity index (χ0v) is 15.4. The van der Waals surface area contributed by atoms with Crippen LogP contribution in [0.5, 0.6) is 0 Å². The molecule has 2 aromatic carbocycles. The van der Waals surface area contributed by atoms with Crippen LogP contribution in [0, 0.1) is 0 Å². The standard InChI is InChI=1S/C22H22N2O3/c1-3-5-6-11-22(26)27-15-21(25)23-16-12-13-20-18(14-16)17-9-7-8-10-19(17)24(20)4-2/h3,5-14H,4,15H2,1-2H3,(H,23,25). The Morgan fingerprint density at radius 2 is 1.85 bits per heavy atom. The second-order valence-electron chi connectivity index (χ2n) is 6.03. The molecule has 5 nitrogen and oxygen atoms in total. The van der Waals surface area contributed by atoms with Crippen LogP contribution in [0.1, 0.15) is 13.8 Å². The maximum absolute atomic E-state index is 12.1. The van der Waals surface area contributed by atoms with Crippen LogP contribution in [0.2, 0.25) is 0 Å². The normalized spacial score (nSPS) is 11.6. The average molecular weight is 362 g/mol. The number of nitrogens with zero attached hydrogens (tertiary/aromatic N) is 1. The number of ether oxygens (including phenoxy) is 1. The van der Waals surface area contributed by atoms with Crippen LogP contribution in [0.25, 0.3) is 21.8 Å². The Labute approximate surface area is 157 Å². The number of anilines is 1. The summed E-state index contributed by atoms with van der Waals surface area (Å²) in [5, 5.41) is 5.01. The van der Waals surface area contributed by atoms with E-state index < -0.39 is 5.97 Å². The van der Waals surface area contributed by atoms with Crippen molar-refractivity contribution < 1.29 is 14.3 Å². The van der Waals surface area contributed by atoms with E-state index in [1.807, 2.05) is 37.3 Å². The molecule has 1 amide bonds. The van der Waals surface area contributed by atoms with Gasteiger partial charge in [0.25, 0.3) is 5.91 Å². The van der Waals surface area contributed by atoms with Gasteiger partial charge in [-0.05, 0) is 38.1 Å². The van der Waals surface area contributed by atoms with E-state index in [1.54, 1.807) is 18.2 Å². The fourth-order valence-corrected chi connectivity index (χ4v) is 3.10. The Balaban J connectivity index is 1.75. The lowest BCUT2D eigenvalue weighted by Crippen LogP contribution is -2.20. The molecule has 0 fully saturated rings. The van der Waals surface area contributed by atoms with Gasteiger partial charge in [0.2, 0.25) is 0 Å². The van der Waals surface area contributed by atoms with Crippen molar-refractivity contribution in [3.8, 4) is 0 Å². The molecule has 138 valence electrons. The molecule has 1 aromatic heterocycles. The number of hydrogen-bond donors (Lipinski definition) is 1. The minimum absolute atomic E-state index is 0.326. The second kappa shape index (κ2) is 8.36. The molecule has 0 aliphatic carbocycles. The minimum atomic E-state index is -0.551. The topological polar surface area (TPSA) is 60.3 Å². The number of fused-ring (bicyclic) bond motifs is 3. The van der Waals surface area contributed by atoms with Crippen LogP contribution in [0.4, 0.5) is 5.69 Å². The first-order valence-electron chi connectivity index (χ1n) is 8.91. The molecule has 27 heavy (non-hydrogen) atoms. The highest BCUT2D eigenvalue weighted by molar-refractivity contribution is 6.09. The maximum Gasteiger partial charge on any atom is 0.331 e. The summed E-state index contributed by atoms with van der Waals surface area (Å²) < 4.78 is 7.17. The molecule has 0 saturated carbocycles. The highest BCUT2D eigenvalue weighted by Gasteiger charge is 2.11. The molecule has 1 N–H and O–H groups in total. The van der Waals surface area contributed by atoms with Crippen molar-refractivity contribution in [1.29, 1.82) is 0 Å². The quantitative estimate of drug-likeness (QED) is 0.401. The second-order valence-corrected chi connectivity index (χ2v) is 6.03. The Morgan fingerprint density at radius 3 is 2.63 bits per heavy atom. The van der Waals surface area contributed by atoms with Crippen LogP contribution < -0.4 is 5.32 Å². The van der Waals surface area contributed by atoms with E-state index in [0.29, 0.717) is 5.69 Å². The lowest BCUT2D eigenvalue weighted by Gasteiger charge is -2.07. The van der Waals surface area contributed by atoms with Crippen LogP contribution >= 0.6 is 0 Å². The lowest BCUT2D eigenvalue weighted by atomic mass is 10.1. The summed E-state index contributed by atoms with van der Waals surface area (Å²) in [6.45, 7) is 4.50. The molecule has 0 aliphatic heterocycles. The molecule has 3 aromatic rings. The molecule has 0 unspecified atom stereocenters. The fraction of sp³-hybridized carbons (Fsp3) is 0.182. The smallest absolute Gasteiger partial charge is 0.331 e. The number of para-hydroxylation sites is 1. The molecule has 0 bridgehead atoms. The van der Waals surface area contributed by atoms with Crippen LogP contribution in [-0.2, 0) is 20.9 Å². The molecular weight excluding hydrogens is 340 g/mol. The van der Waals surface area contributed by atoms with E-state index in [1.165, 1.54) is 11.6 Å². The van der Waals surface area contributed by atoms with Gasteiger partial charge in [0.1, 0.15) is 0 Å². The largest absolute Gasteiger partial charge is 0.452 e. The number of allylic oxidation sites excluding steroid dienone is 3. The summed E-state index contributed by atoms with van der Waals surface area (Å²) in [7, 11) is 0. The molecule has 0 saturated heterocycles. The maximum atomic E-state index is 12.1. The average Bonchev–Trinajstić information content (AvgIpc) is 3.00. The molecule has 1 heterocycles. The first kappa shape index (κ1) is 18.5. The van der Waals surface area contributed by atoms with E-state index in [9.17, 15) is 9.59 Å². The predicted octanol–water partition coefficient (Wildman–Crippen LogP) is 4.43. The molecule has 5 heteroatoms. The summed E-state index contributed by atoms with van der Waals surface area (Å²) in [6, 6.07) is 14.0. The number of nitrogens with one attached hydrogen (secondary N) is 1. The number of esters is 1. The summed E-state index contributed by atoms with van der Waals surface area (Å²) in [5.74, 6) is -0.925. The van der Waals surface area contributed by atoms with Gasteiger partial charge in [0.15, 0.2) is 6.61 Å². The lowest BCUT2D eigenvalue weighted by molar-refractivity contribution is -0.142. The SMILES string of the molecule is CC=CC=CC(=O)OCC(=O)Nc1ccc2c(c1)c1ccccc1n2CC. The van der Waals surface area contributed by atoms with Gasteiger partial charge in [-0.2, -0.15) is 0 Å². The fourth-order valence-electron chi connectivity index (χ4n) is 3.10. The number of aromatic nitrogens is 1. The Morgan fingerprint density at radius 1 is 1.07 bits per heavy atom. The Hall–Kier alpha value is -3.34.